The van der Waals surface area contributed by atoms with E-state index in [0.717, 1.165) is 6.42 Å². The number of benzene rings is 1. The minimum absolute atomic E-state index is 0.291. The van der Waals surface area contributed by atoms with E-state index in [4.69, 9.17) is 9.26 Å². The van der Waals surface area contributed by atoms with Gasteiger partial charge in [-0.25, -0.2) is 8.42 Å². The molecule has 0 unspecified atom stereocenters. The van der Waals surface area contributed by atoms with Gasteiger partial charge in [-0.1, -0.05) is 12.1 Å². The molecule has 1 aliphatic heterocycles. The van der Waals surface area contributed by atoms with Crippen molar-refractivity contribution in [2.24, 2.45) is 0 Å². The molecule has 1 saturated heterocycles. The van der Waals surface area contributed by atoms with Crippen LogP contribution < -0.4 is 4.74 Å². The number of hydrogen-bond donors (Lipinski definition) is 0. The Morgan fingerprint density at radius 3 is 2.38 bits per heavy atom. The average Bonchev–Trinajstić information content (AvgIpc) is 3.10. The first kappa shape index (κ1) is 18.8. The number of nitrogens with zero attached hydrogens (tertiary/aromatic N) is 4. The van der Waals surface area contributed by atoms with E-state index in [1.165, 1.54) is 4.31 Å². The first-order chi connectivity index (χ1) is 12.5. The standard InChI is InChI=1S/C17H24N4O4S/c1-3-16-18-17(25-19-16)13-20-9-11-21(12-10-20)26(22,23)15-7-5-14(6-8-15)24-4-2/h5-8H,3-4,9-13H2,1-2H3. The van der Waals surface area contributed by atoms with E-state index >= 15 is 0 Å². The Morgan fingerprint density at radius 2 is 1.81 bits per heavy atom. The van der Waals surface area contributed by atoms with Crippen LogP contribution in [0.25, 0.3) is 0 Å². The molecule has 9 heteroatoms. The van der Waals surface area contributed by atoms with Gasteiger partial charge < -0.3 is 9.26 Å². The Morgan fingerprint density at radius 1 is 1.12 bits per heavy atom. The Hall–Kier alpha value is -1.97. The van der Waals surface area contributed by atoms with Crippen molar-refractivity contribution in [2.45, 2.75) is 31.7 Å². The van der Waals surface area contributed by atoms with Gasteiger partial charge in [0.15, 0.2) is 5.82 Å². The maximum Gasteiger partial charge on any atom is 0.243 e. The molecule has 0 N–H and O–H groups in total. The lowest BCUT2D eigenvalue weighted by Gasteiger charge is -2.33. The summed E-state index contributed by atoms with van der Waals surface area (Å²) in [6.45, 7) is 7.08. The minimum atomic E-state index is -3.49. The second-order valence-electron chi connectivity index (χ2n) is 6.04. The van der Waals surface area contributed by atoms with Crippen LogP contribution in [-0.2, 0) is 23.0 Å². The smallest absolute Gasteiger partial charge is 0.243 e. The van der Waals surface area contributed by atoms with Gasteiger partial charge in [0.1, 0.15) is 5.75 Å². The van der Waals surface area contributed by atoms with Gasteiger partial charge in [0.05, 0.1) is 18.0 Å². The fourth-order valence-electron chi connectivity index (χ4n) is 2.84. The van der Waals surface area contributed by atoms with Crippen molar-refractivity contribution in [3.63, 3.8) is 0 Å². The number of aromatic nitrogens is 2. The van der Waals surface area contributed by atoms with Crippen molar-refractivity contribution in [3.05, 3.63) is 36.0 Å². The predicted molar refractivity (Wildman–Crippen MR) is 95.3 cm³/mol. The van der Waals surface area contributed by atoms with Crippen LogP contribution in [0.15, 0.2) is 33.7 Å². The summed E-state index contributed by atoms with van der Waals surface area (Å²) < 4.78 is 37.7. The first-order valence-electron chi connectivity index (χ1n) is 8.79. The zero-order valence-electron chi connectivity index (χ0n) is 15.1. The number of piperazine rings is 1. The van der Waals surface area contributed by atoms with Crippen molar-refractivity contribution < 1.29 is 17.7 Å². The molecule has 2 heterocycles. The van der Waals surface area contributed by atoms with Crippen molar-refractivity contribution in [2.75, 3.05) is 32.8 Å². The largest absolute Gasteiger partial charge is 0.494 e. The van der Waals surface area contributed by atoms with Gasteiger partial charge in [-0.05, 0) is 31.2 Å². The minimum Gasteiger partial charge on any atom is -0.494 e. The van der Waals surface area contributed by atoms with Crippen molar-refractivity contribution in [1.29, 1.82) is 0 Å². The van der Waals surface area contributed by atoms with Crippen molar-refractivity contribution in [1.82, 2.24) is 19.3 Å². The molecule has 8 nitrogen and oxygen atoms in total. The molecule has 0 saturated carbocycles. The highest BCUT2D eigenvalue weighted by Crippen LogP contribution is 2.21. The molecule has 1 aromatic heterocycles. The van der Waals surface area contributed by atoms with Gasteiger partial charge in [-0.2, -0.15) is 9.29 Å². The van der Waals surface area contributed by atoms with E-state index in [2.05, 4.69) is 15.0 Å². The van der Waals surface area contributed by atoms with Crippen LogP contribution in [-0.4, -0.2) is 60.5 Å². The molecule has 26 heavy (non-hydrogen) atoms. The molecule has 0 atom stereocenters. The third-order valence-electron chi connectivity index (χ3n) is 4.29. The van der Waals surface area contributed by atoms with Crippen LogP contribution in [0, 0.1) is 0 Å². The van der Waals surface area contributed by atoms with E-state index in [0.29, 0.717) is 61.7 Å². The number of sulfonamides is 1. The number of rotatable bonds is 7. The second-order valence-corrected chi connectivity index (χ2v) is 7.98. The molecular formula is C17H24N4O4S. The van der Waals surface area contributed by atoms with Crippen LogP contribution in [0.5, 0.6) is 5.75 Å². The fraction of sp³-hybridized carbons (Fsp3) is 0.529. The van der Waals surface area contributed by atoms with Crippen LogP contribution in [0.2, 0.25) is 0 Å². The Balaban J connectivity index is 1.59. The van der Waals surface area contributed by atoms with Crippen LogP contribution >= 0.6 is 0 Å². The molecule has 0 amide bonds. The fourth-order valence-corrected chi connectivity index (χ4v) is 4.26. The third kappa shape index (κ3) is 4.22. The molecule has 1 aromatic carbocycles. The van der Waals surface area contributed by atoms with Gasteiger partial charge >= 0.3 is 0 Å². The zero-order valence-corrected chi connectivity index (χ0v) is 15.9. The van der Waals surface area contributed by atoms with E-state index in [9.17, 15) is 8.42 Å². The molecule has 0 aliphatic carbocycles. The van der Waals surface area contributed by atoms with Crippen molar-refractivity contribution in [3.8, 4) is 5.75 Å². The Kier molecular flexibility index (Phi) is 5.90. The lowest BCUT2D eigenvalue weighted by atomic mass is 10.3. The quantitative estimate of drug-likeness (QED) is 0.720. The summed E-state index contributed by atoms with van der Waals surface area (Å²) in [5.74, 6) is 1.93. The maximum absolute atomic E-state index is 12.8. The number of ether oxygens (including phenoxy) is 1. The van der Waals surface area contributed by atoms with Gasteiger partial charge in [-0.3, -0.25) is 4.90 Å². The summed E-state index contributed by atoms with van der Waals surface area (Å²) >= 11 is 0. The molecule has 0 spiro atoms. The van der Waals surface area contributed by atoms with Crippen molar-refractivity contribution >= 4 is 10.0 Å². The van der Waals surface area contributed by atoms with E-state index in [1.54, 1.807) is 24.3 Å². The topological polar surface area (TPSA) is 88.8 Å². The second kappa shape index (κ2) is 8.15. The molecule has 0 bridgehead atoms. The number of hydrogen-bond acceptors (Lipinski definition) is 7. The van der Waals surface area contributed by atoms with Crippen LogP contribution in [0.3, 0.4) is 0 Å². The molecule has 2 aromatic rings. The monoisotopic (exact) mass is 380 g/mol. The normalized spacial score (nSPS) is 16.7. The summed E-state index contributed by atoms with van der Waals surface area (Å²) in [6, 6.07) is 6.57. The first-order valence-corrected chi connectivity index (χ1v) is 10.2. The van der Waals surface area contributed by atoms with E-state index < -0.39 is 10.0 Å². The zero-order chi connectivity index (χ0) is 18.6. The van der Waals surface area contributed by atoms with Crippen LogP contribution in [0.4, 0.5) is 0 Å². The van der Waals surface area contributed by atoms with Gasteiger partial charge in [0.25, 0.3) is 0 Å². The predicted octanol–water partition coefficient (Wildman–Crippen LogP) is 1.54. The summed E-state index contributed by atoms with van der Waals surface area (Å²) in [5.41, 5.74) is 0. The lowest BCUT2D eigenvalue weighted by Crippen LogP contribution is -2.48. The number of aryl methyl sites for hydroxylation is 1. The lowest BCUT2D eigenvalue weighted by molar-refractivity contribution is 0.163. The molecule has 3 rings (SSSR count). The summed E-state index contributed by atoms with van der Waals surface area (Å²) in [5, 5.41) is 3.88. The Bertz CT molecular complexity index is 812. The maximum atomic E-state index is 12.8. The summed E-state index contributed by atoms with van der Waals surface area (Å²) in [4.78, 5) is 6.71. The highest BCUT2D eigenvalue weighted by atomic mass is 32.2. The molecule has 142 valence electrons. The molecule has 0 radical (unpaired) electrons. The van der Waals surface area contributed by atoms with Crippen LogP contribution in [0.1, 0.15) is 25.6 Å². The van der Waals surface area contributed by atoms with E-state index in [1.807, 2.05) is 13.8 Å². The Labute approximate surface area is 153 Å². The molecule has 1 fully saturated rings. The SMILES string of the molecule is CCOc1ccc(S(=O)(=O)N2CCN(Cc3nc(CC)no3)CC2)cc1. The summed E-state index contributed by atoms with van der Waals surface area (Å²) in [7, 11) is -3.49. The summed E-state index contributed by atoms with van der Waals surface area (Å²) in [6.07, 6.45) is 0.734. The highest BCUT2D eigenvalue weighted by molar-refractivity contribution is 7.89. The van der Waals surface area contributed by atoms with Gasteiger partial charge in [0.2, 0.25) is 15.9 Å². The molecule has 1 aliphatic rings. The highest BCUT2D eigenvalue weighted by Gasteiger charge is 2.29. The third-order valence-corrected chi connectivity index (χ3v) is 6.20. The van der Waals surface area contributed by atoms with Gasteiger partial charge in [0, 0.05) is 32.6 Å². The average molecular weight is 380 g/mol. The van der Waals surface area contributed by atoms with Gasteiger partial charge in [-0.15, -0.1) is 0 Å². The van der Waals surface area contributed by atoms with E-state index in [-0.39, 0.29) is 0 Å². The molecular weight excluding hydrogens is 356 g/mol.